The molecular weight excluding hydrogens is 700 g/mol. The van der Waals surface area contributed by atoms with Crippen molar-refractivity contribution in [2.45, 2.75) is 88.2 Å². The van der Waals surface area contributed by atoms with E-state index >= 15 is 0 Å². The third-order valence-electron chi connectivity index (χ3n) is 10.2. The number of hydroxylamine groups is 2. The number of carbonyl (C=O) groups is 7. The van der Waals surface area contributed by atoms with Crippen molar-refractivity contribution in [3.05, 3.63) is 51.6 Å². The van der Waals surface area contributed by atoms with Crippen LogP contribution in [0.15, 0.2) is 18.2 Å². The largest absolute Gasteiger partial charge is 0.507 e. The highest BCUT2D eigenvalue weighted by atomic mass is 16.7. The zero-order valence-electron chi connectivity index (χ0n) is 28.8. The third-order valence-corrected chi connectivity index (χ3v) is 10.2. The SMILES string of the molecule is COc1cccc2c1C(=O)c1c(O)c3c(c(O)c1C2=O)C[C@@](O)(C(=O)COC(=O)CCC(=O)ON1C(=O)CCC1=O)C[C@@H]3O[C@@H]1C[C@@H](C)[C@@H](O)[C@@H](N)C1. The van der Waals surface area contributed by atoms with Crippen LogP contribution in [-0.4, -0.2) is 104 Å². The fraction of sp³-hybridized carbons (Fsp3) is 0.472. The molecule has 6 N–H and O–H groups in total. The number of ketones is 3. The number of benzene rings is 2. The van der Waals surface area contributed by atoms with Gasteiger partial charge in [-0.3, -0.25) is 28.8 Å². The maximum atomic E-state index is 13.9. The smallest absolute Gasteiger partial charge is 0.333 e. The highest BCUT2D eigenvalue weighted by Crippen LogP contribution is 2.52. The fourth-order valence-corrected chi connectivity index (χ4v) is 7.47. The van der Waals surface area contributed by atoms with Crippen LogP contribution >= 0.6 is 0 Å². The molecule has 0 radical (unpaired) electrons. The molecule has 0 spiro atoms. The van der Waals surface area contributed by atoms with E-state index in [1.54, 1.807) is 6.92 Å². The van der Waals surface area contributed by atoms with E-state index in [2.05, 4.69) is 0 Å². The van der Waals surface area contributed by atoms with E-state index in [1.807, 2.05) is 0 Å². The molecule has 2 aromatic carbocycles. The van der Waals surface area contributed by atoms with Crippen molar-refractivity contribution in [2.75, 3.05) is 13.7 Å². The Morgan fingerprint density at radius 3 is 2.26 bits per heavy atom. The number of phenolic OH excluding ortho intramolecular Hbond substituents is 2. The number of aromatic hydroxyl groups is 2. The van der Waals surface area contributed by atoms with Crippen LogP contribution in [0.1, 0.15) is 101 Å². The first-order chi connectivity index (χ1) is 25.1. The van der Waals surface area contributed by atoms with E-state index < -0.39 is 126 Å². The molecule has 53 heavy (non-hydrogen) atoms. The van der Waals surface area contributed by atoms with Crippen LogP contribution in [0.5, 0.6) is 17.2 Å². The molecule has 17 heteroatoms. The second kappa shape index (κ2) is 14.3. The number of aliphatic hydroxyl groups is 2. The summed E-state index contributed by atoms with van der Waals surface area (Å²) in [5, 5.41) is 46.0. The summed E-state index contributed by atoms with van der Waals surface area (Å²) >= 11 is 0. The summed E-state index contributed by atoms with van der Waals surface area (Å²) in [6.45, 7) is 0.748. The van der Waals surface area contributed by atoms with Gasteiger partial charge in [-0.1, -0.05) is 19.1 Å². The van der Waals surface area contributed by atoms with Crippen LogP contribution in [0.2, 0.25) is 0 Å². The van der Waals surface area contributed by atoms with Crippen LogP contribution in [-0.2, 0) is 44.7 Å². The zero-order valence-corrected chi connectivity index (χ0v) is 28.8. The lowest BCUT2D eigenvalue weighted by Gasteiger charge is -2.42. The highest BCUT2D eigenvalue weighted by Gasteiger charge is 2.50. The highest BCUT2D eigenvalue weighted by molar-refractivity contribution is 6.31. The summed E-state index contributed by atoms with van der Waals surface area (Å²) in [5.41, 5.74) is 2.04. The maximum absolute atomic E-state index is 13.9. The first-order valence-corrected chi connectivity index (χ1v) is 17.0. The van der Waals surface area contributed by atoms with Crippen molar-refractivity contribution in [3.63, 3.8) is 0 Å². The number of aliphatic hydroxyl groups excluding tert-OH is 1. The number of nitrogens with two attached hydrogens (primary N) is 1. The van der Waals surface area contributed by atoms with E-state index in [4.69, 9.17) is 24.8 Å². The summed E-state index contributed by atoms with van der Waals surface area (Å²) in [4.78, 5) is 93.9. The number of carbonyl (C=O) groups excluding carboxylic acids is 7. The summed E-state index contributed by atoms with van der Waals surface area (Å²) < 4.78 is 16.7. The number of imide groups is 1. The lowest BCUT2D eigenvalue weighted by molar-refractivity contribution is -0.197. The fourth-order valence-electron chi connectivity index (χ4n) is 7.47. The molecule has 1 aliphatic heterocycles. The summed E-state index contributed by atoms with van der Waals surface area (Å²) in [6, 6.07) is 3.58. The number of fused-ring (bicyclic) bond motifs is 3. The summed E-state index contributed by atoms with van der Waals surface area (Å²) in [6.07, 6.45) is -5.18. The molecule has 4 aliphatic rings. The van der Waals surface area contributed by atoms with Gasteiger partial charge in [0, 0.05) is 48.4 Å². The molecule has 3 aliphatic carbocycles. The molecule has 2 amide bonds. The number of Topliss-reactive ketones (excluding diaryl/α,β-unsaturated/α-hetero) is 1. The first kappa shape index (κ1) is 37.5. The maximum Gasteiger partial charge on any atom is 0.333 e. The average Bonchev–Trinajstić information content (AvgIpc) is 3.43. The van der Waals surface area contributed by atoms with Gasteiger partial charge in [-0.2, -0.15) is 0 Å². The average molecular weight is 739 g/mol. The molecule has 2 aromatic rings. The minimum atomic E-state index is -2.42. The van der Waals surface area contributed by atoms with Gasteiger partial charge >= 0.3 is 11.9 Å². The molecule has 1 saturated heterocycles. The number of hydrogen-bond donors (Lipinski definition) is 5. The minimum absolute atomic E-state index is 0.0582. The predicted molar refractivity (Wildman–Crippen MR) is 175 cm³/mol. The van der Waals surface area contributed by atoms with Crippen molar-refractivity contribution in [2.24, 2.45) is 11.7 Å². The van der Waals surface area contributed by atoms with Gasteiger partial charge in [-0.15, -0.1) is 5.06 Å². The molecule has 1 saturated carbocycles. The Bertz CT molecular complexity index is 1910. The Morgan fingerprint density at radius 1 is 0.943 bits per heavy atom. The van der Waals surface area contributed by atoms with Gasteiger partial charge < -0.3 is 45.2 Å². The van der Waals surface area contributed by atoms with E-state index in [-0.39, 0.29) is 59.6 Å². The van der Waals surface area contributed by atoms with Crippen LogP contribution in [0.3, 0.4) is 0 Å². The summed E-state index contributed by atoms with van der Waals surface area (Å²) in [5.74, 6) is -7.98. The molecule has 0 aromatic heterocycles. The zero-order chi connectivity index (χ0) is 38.5. The molecule has 6 atom stereocenters. The van der Waals surface area contributed by atoms with E-state index in [0.717, 1.165) is 0 Å². The van der Waals surface area contributed by atoms with Gasteiger partial charge in [0.25, 0.3) is 11.8 Å². The van der Waals surface area contributed by atoms with Crippen molar-refractivity contribution in [3.8, 4) is 17.2 Å². The van der Waals surface area contributed by atoms with Gasteiger partial charge in [0.1, 0.15) is 22.8 Å². The molecule has 1 heterocycles. The number of methoxy groups -OCH3 is 1. The Labute approximate surface area is 301 Å². The number of rotatable bonds is 10. The van der Waals surface area contributed by atoms with Gasteiger partial charge in [0.05, 0.1) is 55.0 Å². The normalized spacial score (nSPS) is 26.4. The third kappa shape index (κ3) is 6.76. The second-order valence-electron chi connectivity index (χ2n) is 13.8. The van der Waals surface area contributed by atoms with Crippen LogP contribution in [0.25, 0.3) is 0 Å². The second-order valence-corrected chi connectivity index (χ2v) is 13.8. The van der Waals surface area contributed by atoms with Crippen molar-refractivity contribution >= 4 is 41.1 Å². The number of esters is 1. The van der Waals surface area contributed by atoms with Crippen molar-refractivity contribution < 1.29 is 73.0 Å². The number of hydrogen-bond acceptors (Lipinski definition) is 16. The molecule has 17 nitrogen and oxygen atoms in total. The van der Waals surface area contributed by atoms with E-state index in [0.29, 0.717) is 5.06 Å². The lowest BCUT2D eigenvalue weighted by atomic mass is 9.71. The number of ether oxygens (including phenoxy) is 3. The van der Waals surface area contributed by atoms with Crippen LogP contribution in [0, 0.1) is 5.92 Å². The molecule has 0 unspecified atom stereocenters. The summed E-state index contributed by atoms with van der Waals surface area (Å²) in [7, 11) is 1.30. The number of phenols is 2. The van der Waals surface area contributed by atoms with Gasteiger partial charge in [-0.25, -0.2) is 4.79 Å². The lowest BCUT2D eigenvalue weighted by Crippen LogP contribution is -2.50. The Hall–Kier alpha value is -5.23. The monoisotopic (exact) mass is 738 g/mol. The molecule has 282 valence electrons. The van der Waals surface area contributed by atoms with E-state index in [1.165, 1.54) is 25.3 Å². The van der Waals surface area contributed by atoms with Gasteiger partial charge in [0.15, 0.2) is 12.4 Å². The van der Waals surface area contributed by atoms with Crippen molar-refractivity contribution in [1.82, 2.24) is 5.06 Å². The Balaban J connectivity index is 1.27. The van der Waals surface area contributed by atoms with Gasteiger partial charge in [-0.05, 0) is 24.8 Å². The predicted octanol–water partition coefficient (Wildman–Crippen LogP) is 0.603. The van der Waals surface area contributed by atoms with Crippen LogP contribution in [0.4, 0.5) is 0 Å². The van der Waals surface area contributed by atoms with E-state index in [9.17, 15) is 54.0 Å². The minimum Gasteiger partial charge on any atom is -0.507 e. The number of amides is 2. The van der Waals surface area contributed by atoms with Crippen molar-refractivity contribution in [1.29, 1.82) is 0 Å². The molecule has 6 rings (SSSR count). The number of nitrogens with zero attached hydrogens (tertiary/aromatic N) is 1. The van der Waals surface area contributed by atoms with Gasteiger partial charge in [0.2, 0.25) is 11.6 Å². The standard InChI is InChI=1S/C36H38N2O15/c1-15-10-16(11-19(37)31(15)44)52-21-13-36(49,22(39)14-51-25(42)8-9-26(43)53-38-23(40)6-7-24(38)41)12-18-28(21)35(48)30-29(33(18)46)32(45)17-4-3-5-20(50-2)27(17)34(30)47/h3-5,15-16,19,21,31,44,46,48-49H,6-14,37H2,1-2H3/t15-,16-,19+,21+,31-,36+/m1/s1. The molecular formula is C36H38N2O15. The molecule has 2 fully saturated rings. The molecule has 0 bridgehead atoms. The van der Waals surface area contributed by atoms with Crippen LogP contribution < -0.4 is 10.5 Å². The quantitative estimate of drug-likeness (QED) is 0.108. The Morgan fingerprint density at radius 2 is 1.60 bits per heavy atom. The Kier molecular flexibility index (Phi) is 10.1. The topological polar surface area (TPSA) is 267 Å². The first-order valence-electron chi connectivity index (χ1n) is 17.0.